The highest BCUT2D eigenvalue weighted by molar-refractivity contribution is 5.19. The number of nitrogens with zero attached hydrogens (tertiary/aromatic N) is 4. The summed E-state index contributed by atoms with van der Waals surface area (Å²) in [6.07, 6.45) is 2.09. The molecular weight excluding hydrogens is 226 g/mol. The van der Waals surface area contributed by atoms with Crippen molar-refractivity contribution in [2.45, 2.75) is 19.0 Å². The van der Waals surface area contributed by atoms with E-state index in [1.165, 1.54) is 0 Å². The normalized spacial score (nSPS) is 12.0. The molecule has 92 valence electrons. The van der Waals surface area contributed by atoms with Crippen molar-refractivity contribution in [2.75, 3.05) is 0 Å². The average molecular weight is 241 g/mol. The van der Waals surface area contributed by atoms with Crippen LogP contribution < -0.4 is 5.32 Å². The van der Waals surface area contributed by atoms with Crippen molar-refractivity contribution in [3.63, 3.8) is 0 Å². The maximum absolute atomic E-state index is 8.87. The molecule has 18 heavy (non-hydrogen) atoms. The minimum atomic E-state index is 0.0139. The molecule has 0 bridgehead atoms. The monoisotopic (exact) mass is 241 g/mol. The summed E-state index contributed by atoms with van der Waals surface area (Å²) in [6, 6.07) is 12.2. The summed E-state index contributed by atoms with van der Waals surface area (Å²) in [5, 5.41) is 16.4. The van der Waals surface area contributed by atoms with Gasteiger partial charge in [0.1, 0.15) is 6.33 Å². The first-order valence-corrected chi connectivity index (χ1v) is 5.79. The molecule has 1 unspecified atom stereocenters. The van der Waals surface area contributed by atoms with Crippen LogP contribution >= 0.6 is 0 Å². The Balaban J connectivity index is 2.01. The van der Waals surface area contributed by atoms with E-state index in [0.29, 0.717) is 13.0 Å². The standard InChI is InChI=1S/C13H15N5/c1-18-10-16-13(17-18)9-15-12(7-8-14)11-5-3-2-4-6-11/h2-6,10,12,15H,7,9H2,1H3. The van der Waals surface area contributed by atoms with Gasteiger partial charge in [0.2, 0.25) is 0 Å². The maximum atomic E-state index is 8.87. The van der Waals surface area contributed by atoms with Crippen LogP contribution in [0, 0.1) is 11.3 Å². The van der Waals surface area contributed by atoms with Crippen molar-refractivity contribution in [2.24, 2.45) is 7.05 Å². The van der Waals surface area contributed by atoms with E-state index in [1.807, 2.05) is 37.4 Å². The van der Waals surface area contributed by atoms with Crippen LogP contribution in [-0.4, -0.2) is 14.8 Å². The first-order chi connectivity index (χ1) is 8.79. The van der Waals surface area contributed by atoms with Gasteiger partial charge in [0.05, 0.1) is 19.0 Å². The zero-order chi connectivity index (χ0) is 12.8. The summed E-state index contributed by atoms with van der Waals surface area (Å²) in [4.78, 5) is 4.15. The van der Waals surface area contributed by atoms with Crippen LogP contribution in [0.1, 0.15) is 23.9 Å². The molecule has 0 aliphatic rings. The Hall–Kier alpha value is -2.19. The average Bonchev–Trinajstić information content (AvgIpc) is 2.81. The minimum absolute atomic E-state index is 0.0139. The first-order valence-electron chi connectivity index (χ1n) is 5.79. The third-order valence-electron chi connectivity index (χ3n) is 2.65. The van der Waals surface area contributed by atoms with Gasteiger partial charge in [-0.05, 0) is 5.56 Å². The van der Waals surface area contributed by atoms with Crippen LogP contribution in [0.4, 0.5) is 0 Å². The SMILES string of the molecule is Cn1cnc(CNC(CC#N)c2ccccc2)n1. The Morgan fingerprint density at radius 1 is 1.39 bits per heavy atom. The highest BCUT2D eigenvalue weighted by Gasteiger charge is 2.11. The van der Waals surface area contributed by atoms with Gasteiger partial charge >= 0.3 is 0 Å². The van der Waals surface area contributed by atoms with Gasteiger partial charge in [-0.1, -0.05) is 30.3 Å². The Labute approximate surface area is 106 Å². The fourth-order valence-corrected chi connectivity index (χ4v) is 1.76. The predicted molar refractivity (Wildman–Crippen MR) is 67.3 cm³/mol. The quantitative estimate of drug-likeness (QED) is 0.862. The van der Waals surface area contributed by atoms with Crippen LogP contribution in [0.15, 0.2) is 36.7 Å². The summed E-state index contributed by atoms with van der Waals surface area (Å²) >= 11 is 0. The lowest BCUT2D eigenvalue weighted by Crippen LogP contribution is -2.21. The van der Waals surface area contributed by atoms with Crippen molar-refractivity contribution in [3.8, 4) is 6.07 Å². The Kier molecular flexibility index (Phi) is 4.05. The van der Waals surface area contributed by atoms with Gasteiger partial charge in [-0.25, -0.2) is 4.98 Å². The number of hydrogen-bond donors (Lipinski definition) is 1. The molecule has 2 aromatic rings. The van der Waals surface area contributed by atoms with Gasteiger partial charge in [0.15, 0.2) is 5.82 Å². The van der Waals surface area contributed by atoms with Crippen LogP contribution in [-0.2, 0) is 13.6 Å². The molecule has 0 amide bonds. The van der Waals surface area contributed by atoms with E-state index < -0.39 is 0 Å². The Morgan fingerprint density at radius 2 is 2.17 bits per heavy atom. The molecule has 2 rings (SSSR count). The van der Waals surface area contributed by atoms with Gasteiger partial charge in [0.25, 0.3) is 0 Å². The third kappa shape index (κ3) is 3.15. The van der Waals surface area contributed by atoms with E-state index in [4.69, 9.17) is 5.26 Å². The summed E-state index contributed by atoms with van der Waals surface area (Å²) in [7, 11) is 1.83. The van der Waals surface area contributed by atoms with Gasteiger partial charge in [-0.3, -0.25) is 4.68 Å². The molecule has 0 radical (unpaired) electrons. The molecule has 1 N–H and O–H groups in total. The fraction of sp³-hybridized carbons (Fsp3) is 0.308. The van der Waals surface area contributed by atoms with Gasteiger partial charge in [-0.15, -0.1) is 0 Å². The van der Waals surface area contributed by atoms with Crippen molar-refractivity contribution in [1.29, 1.82) is 5.26 Å². The Bertz CT molecular complexity index is 526. The molecule has 0 aliphatic carbocycles. The lowest BCUT2D eigenvalue weighted by Gasteiger charge is -2.14. The number of aryl methyl sites for hydroxylation is 1. The minimum Gasteiger partial charge on any atom is -0.302 e. The maximum Gasteiger partial charge on any atom is 0.164 e. The zero-order valence-electron chi connectivity index (χ0n) is 10.2. The van der Waals surface area contributed by atoms with E-state index in [-0.39, 0.29) is 6.04 Å². The van der Waals surface area contributed by atoms with Crippen molar-refractivity contribution in [1.82, 2.24) is 20.1 Å². The highest BCUT2D eigenvalue weighted by Crippen LogP contribution is 2.16. The second-order valence-electron chi connectivity index (χ2n) is 4.04. The smallest absolute Gasteiger partial charge is 0.164 e. The zero-order valence-corrected chi connectivity index (χ0v) is 10.2. The number of aromatic nitrogens is 3. The fourth-order valence-electron chi connectivity index (χ4n) is 1.76. The van der Waals surface area contributed by atoms with E-state index >= 15 is 0 Å². The molecule has 0 saturated carbocycles. The predicted octanol–water partition coefficient (Wildman–Crippen LogP) is 1.56. The topological polar surface area (TPSA) is 66.5 Å². The summed E-state index contributed by atoms with van der Waals surface area (Å²) in [6.45, 7) is 0.558. The summed E-state index contributed by atoms with van der Waals surface area (Å²) in [5.41, 5.74) is 1.11. The second-order valence-corrected chi connectivity index (χ2v) is 4.04. The van der Waals surface area contributed by atoms with Gasteiger partial charge in [0, 0.05) is 13.1 Å². The third-order valence-corrected chi connectivity index (χ3v) is 2.65. The first kappa shape index (κ1) is 12.3. The molecule has 1 atom stereocenters. The van der Waals surface area contributed by atoms with E-state index in [9.17, 15) is 0 Å². The molecule has 0 saturated heterocycles. The van der Waals surface area contributed by atoms with Crippen LogP contribution in [0.5, 0.6) is 0 Å². The number of benzene rings is 1. The van der Waals surface area contributed by atoms with Gasteiger partial charge < -0.3 is 5.32 Å². The Morgan fingerprint density at radius 3 is 2.78 bits per heavy atom. The van der Waals surface area contributed by atoms with E-state index in [2.05, 4.69) is 21.5 Å². The second kappa shape index (κ2) is 5.94. The number of nitriles is 1. The number of hydrogen-bond acceptors (Lipinski definition) is 4. The lowest BCUT2D eigenvalue weighted by atomic mass is 10.0. The largest absolute Gasteiger partial charge is 0.302 e. The van der Waals surface area contributed by atoms with Crippen LogP contribution in [0.3, 0.4) is 0 Å². The van der Waals surface area contributed by atoms with Crippen LogP contribution in [0.25, 0.3) is 0 Å². The van der Waals surface area contributed by atoms with Gasteiger partial charge in [-0.2, -0.15) is 10.4 Å². The summed E-state index contributed by atoms with van der Waals surface area (Å²) in [5.74, 6) is 0.733. The molecule has 1 heterocycles. The lowest BCUT2D eigenvalue weighted by molar-refractivity contribution is 0.528. The van der Waals surface area contributed by atoms with Crippen LogP contribution in [0.2, 0.25) is 0 Å². The van der Waals surface area contributed by atoms with Crippen molar-refractivity contribution >= 4 is 0 Å². The number of rotatable bonds is 5. The summed E-state index contributed by atoms with van der Waals surface area (Å²) < 4.78 is 1.67. The molecule has 5 heteroatoms. The molecule has 1 aromatic carbocycles. The van der Waals surface area contributed by atoms with E-state index in [1.54, 1.807) is 11.0 Å². The molecule has 0 spiro atoms. The molecule has 0 aliphatic heterocycles. The molecular formula is C13H15N5. The van der Waals surface area contributed by atoms with Crippen molar-refractivity contribution < 1.29 is 0 Å². The molecule has 5 nitrogen and oxygen atoms in total. The molecule has 0 fully saturated rings. The highest BCUT2D eigenvalue weighted by atomic mass is 15.3. The van der Waals surface area contributed by atoms with Crippen molar-refractivity contribution in [3.05, 3.63) is 48.0 Å². The molecule has 1 aromatic heterocycles. The van der Waals surface area contributed by atoms with E-state index in [0.717, 1.165) is 11.4 Å². The number of nitrogens with one attached hydrogen (secondary N) is 1.